The maximum absolute atomic E-state index is 11.5. The molecule has 7 heteroatoms. The van der Waals surface area contributed by atoms with E-state index in [2.05, 4.69) is 10.0 Å². The van der Waals surface area contributed by atoms with E-state index in [1.165, 1.54) is 13.1 Å². The zero-order valence-electron chi connectivity index (χ0n) is 8.19. The molecule has 0 aliphatic carbocycles. The van der Waals surface area contributed by atoms with Crippen molar-refractivity contribution in [3.05, 3.63) is 17.5 Å². The van der Waals surface area contributed by atoms with E-state index in [0.29, 0.717) is 0 Å². The molecule has 15 heavy (non-hydrogen) atoms. The van der Waals surface area contributed by atoms with Crippen LogP contribution in [0.2, 0.25) is 0 Å². The number of rotatable bonds is 5. The fourth-order valence-corrected chi connectivity index (χ4v) is 2.98. The quantitative estimate of drug-likeness (QED) is 0.779. The van der Waals surface area contributed by atoms with Gasteiger partial charge in [-0.15, -0.1) is 11.3 Å². The molecular weight excluding hydrogens is 236 g/mol. The first-order chi connectivity index (χ1) is 7.06. The standard InChI is InChI=1S/C8H12N2O3S2/c1-9-7(11)4-5-10-15(12,13)8-3-2-6-14-8/h2-3,6,10H,4-5H2,1H3,(H,9,11). The van der Waals surface area contributed by atoms with Crippen LogP contribution in [0.25, 0.3) is 0 Å². The highest BCUT2D eigenvalue weighted by Gasteiger charge is 2.14. The number of sulfonamides is 1. The van der Waals surface area contributed by atoms with Crippen LogP contribution in [0, 0.1) is 0 Å². The van der Waals surface area contributed by atoms with Crippen LogP contribution in [0.1, 0.15) is 6.42 Å². The Kier molecular flexibility index (Phi) is 4.25. The molecule has 1 rings (SSSR count). The first-order valence-corrected chi connectivity index (χ1v) is 6.66. The van der Waals surface area contributed by atoms with Crippen LogP contribution in [0.3, 0.4) is 0 Å². The average Bonchev–Trinajstić information content (AvgIpc) is 2.70. The second kappa shape index (κ2) is 5.24. The van der Waals surface area contributed by atoms with E-state index in [0.717, 1.165) is 11.3 Å². The molecule has 1 amide bonds. The molecule has 0 saturated heterocycles. The third-order valence-electron chi connectivity index (χ3n) is 1.68. The first-order valence-electron chi connectivity index (χ1n) is 4.30. The summed E-state index contributed by atoms with van der Waals surface area (Å²) in [6.07, 6.45) is 0.140. The Morgan fingerprint density at radius 2 is 2.27 bits per heavy atom. The van der Waals surface area contributed by atoms with Gasteiger partial charge >= 0.3 is 0 Å². The van der Waals surface area contributed by atoms with Gasteiger partial charge in [0, 0.05) is 20.0 Å². The van der Waals surface area contributed by atoms with Crippen molar-refractivity contribution in [2.45, 2.75) is 10.6 Å². The van der Waals surface area contributed by atoms with E-state index in [1.807, 2.05) is 0 Å². The fourth-order valence-electron chi connectivity index (χ4n) is 0.911. The number of carbonyl (C=O) groups excluding carboxylic acids is 1. The van der Waals surface area contributed by atoms with Crippen LogP contribution in [0.5, 0.6) is 0 Å². The normalized spacial score (nSPS) is 11.3. The molecular formula is C8H12N2O3S2. The average molecular weight is 248 g/mol. The summed E-state index contributed by atoms with van der Waals surface area (Å²) in [7, 11) is -1.92. The second-order valence-corrected chi connectivity index (χ2v) is 5.69. The summed E-state index contributed by atoms with van der Waals surface area (Å²) < 4.78 is 25.7. The summed E-state index contributed by atoms with van der Waals surface area (Å²) in [6, 6.07) is 3.19. The van der Waals surface area contributed by atoms with Gasteiger partial charge in [0.15, 0.2) is 0 Å². The lowest BCUT2D eigenvalue weighted by Crippen LogP contribution is -2.28. The Balaban J connectivity index is 2.49. The fraction of sp³-hybridized carbons (Fsp3) is 0.375. The molecule has 0 saturated carbocycles. The van der Waals surface area contributed by atoms with Crippen molar-refractivity contribution >= 4 is 27.3 Å². The smallest absolute Gasteiger partial charge is 0.250 e. The SMILES string of the molecule is CNC(=O)CCNS(=O)(=O)c1cccs1. The predicted octanol–water partition coefficient (Wildman–Crippen LogP) is 0.163. The first kappa shape index (κ1) is 12.2. The van der Waals surface area contributed by atoms with Crippen molar-refractivity contribution in [3.63, 3.8) is 0 Å². The van der Waals surface area contributed by atoms with Gasteiger partial charge in [0.25, 0.3) is 0 Å². The zero-order valence-corrected chi connectivity index (χ0v) is 9.82. The van der Waals surface area contributed by atoms with E-state index >= 15 is 0 Å². The summed E-state index contributed by atoms with van der Waals surface area (Å²) in [5, 5.41) is 4.10. The van der Waals surface area contributed by atoms with Crippen LogP contribution in [0.4, 0.5) is 0 Å². The minimum absolute atomic E-state index is 0.111. The number of nitrogens with one attached hydrogen (secondary N) is 2. The third kappa shape index (κ3) is 3.61. The number of thiophene rings is 1. The van der Waals surface area contributed by atoms with Crippen molar-refractivity contribution < 1.29 is 13.2 Å². The highest BCUT2D eigenvalue weighted by atomic mass is 32.2. The van der Waals surface area contributed by atoms with Gasteiger partial charge in [-0.05, 0) is 11.4 Å². The maximum Gasteiger partial charge on any atom is 0.250 e. The van der Waals surface area contributed by atoms with E-state index in [4.69, 9.17) is 0 Å². The van der Waals surface area contributed by atoms with Crippen molar-refractivity contribution in [2.75, 3.05) is 13.6 Å². The molecule has 0 aliphatic heterocycles. The van der Waals surface area contributed by atoms with Crippen molar-refractivity contribution in [3.8, 4) is 0 Å². The van der Waals surface area contributed by atoms with Crippen molar-refractivity contribution in [1.29, 1.82) is 0 Å². The molecule has 0 unspecified atom stereocenters. The van der Waals surface area contributed by atoms with Crippen LogP contribution >= 0.6 is 11.3 Å². The molecule has 0 aromatic carbocycles. The molecule has 0 atom stereocenters. The molecule has 0 radical (unpaired) electrons. The molecule has 5 nitrogen and oxygen atoms in total. The summed E-state index contributed by atoms with van der Waals surface area (Å²) in [4.78, 5) is 10.8. The number of hydrogen-bond donors (Lipinski definition) is 2. The minimum atomic E-state index is -3.43. The lowest BCUT2D eigenvalue weighted by Gasteiger charge is -2.03. The summed E-state index contributed by atoms with van der Waals surface area (Å²) in [6.45, 7) is 0.111. The monoisotopic (exact) mass is 248 g/mol. The summed E-state index contributed by atoms with van der Waals surface area (Å²) in [5.41, 5.74) is 0. The van der Waals surface area contributed by atoms with Gasteiger partial charge in [-0.3, -0.25) is 4.79 Å². The van der Waals surface area contributed by atoms with Crippen molar-refractivity contribution in [1.82, 2.24) is 10.0 Å². The topological polar surface area (TPSA) is 75.3 Å². The third-order valence-corrected chi connectivity index (χ3v) is 4.54. The van der Waals surface area contributed by atoms with Gasteiger partial charge in [-0.1, -0.05) is 6.07 Å². The number of hydrogen-bond acceptors (Lipinski definition) is 4. The second-order valence-electron chi connectivity index (χ2n) is 2.75. The van der Waals surface area contributed by atoms with Gasteiger partial charge in [0.05, 0.1) is 0 Å². The Hall–Kier alpha value is -0.920. The number of amides is 1. The lowest BCUT2D eigenvalue weighted by atomic mass is 10.4. The molecule has 0 aliphatic rings. The minimum Gasteiger partial charge on any atom is -0.359 e. The Labute approximate surface area is 92.6 Å². The molecule has 1 aromatic heterocycles. The zero-order chi connectivity index (χ0) is 11.3. The van der Waals surface area contributed by atoms with E-state index < -0.39 is 10.0 Å². The number of carbonyl (C=O) groups is 1. The Morgan fingerprint density at radius 1 is 1.53 bits per heavy atom. The molecule has 0 bridgehead atoms. The van der Waals surface area contributed by atoms with Gasteiger partial charge < -0.3 is 5.32 Å². The van der Waals surface area contributed by atoms with E-state index in [9.17, 15) is 13.2 Å². The molecule has 0 spiro atoms. The highest BCUT2D eigenvalue weighted by molar-refractivity contribution is 7.91. The largest absolute Gasteiger partial charge is 0.359 e. The molecule has 84 valence electrons. The molecule has 2 N–H and O–H groups in total. The Bertz CT molecular complexity index is 411. The Morgan fingerprint density at radius 3 is 2.80 bits per heavy atom. The molecule has 1 heterocycles. The van der Waals surface area contributed by atoms with Crippen LogP contribution in [-0.4, -0.2) is 27.9 Å². The van der Waals surface area contributed by atoms with Crippen LogP contribution < -0.4 is 10.0 Å². The van der Waals surface area contributed by atoms with Gasteiger partial charge in [0.2, 0.25) is 15.9 Å². The van der Waals surface area contributed by atoms with Crippen LogP contribution in [-0.2, 0) is 14.8 Å². The summed E-state index contributed by atoms with van der Waals surface area (Å²) >= 11 is 1.14. The van der Waals surface area contributed by atoms with Crippen LogP contribution in [0.15, 0.2) is 21.7 Å². The summed E-state index contributed by atoms with van der Waals surface area (Å²) in [5.74, 6) is -0.191. The molecule has 0 fully saturated rings. The highest BCUT2D eigenvalue weighted by Crippen LogP contribution is 2.14. The predicted molar refractivity (Wildman–Crippen MR) is 58.2 cm³/mol. The van der Waals surface area contributed by atoms with E-state index in [1.54, 1.807) is 11.4 Å². The van der Waals surface area contributed by atoms with Crippen molar-refractivity contribution in [2.24, 2.45) is 0 Å². The van der Waals surface area contributed by atoms with Gasteiger partial charge in [-0.2, -0.15) is 0 Å². The molecule has 1 aromatic rings. The van der Waals surface area contributed by atoms with E-state index in [-0.39, 0.29) is 23.1 Å². The maximum atomic E-state index is 11.5. The van der Waals surface area contributed by atoms with Gasteiger partial charge in [0.1, 0.15) is 4.21 Å². The van der Waals surface area contributed by atoms with Gasteiger partial charge in [-0.25, -0.2) is 13.1 Å². The lowest BCUT2D eigenvalue weighted by molar-refractivity contribution is -0.120.